The van der Waals surface area contributed by atoms with E-state index >= 15 is 0 Å². The van der Waals surface area contributed by atoms with Crippen LogP contribution in [-0.4, -0.2) is 21.2 Å². The summed E-state index contributed by atoms with van der Waals surface area (Å²) in [6.45, 7) is 2.05. The van der Waals surface area contributed by atoms with Crippen LogP contribution in [0.15, 0.2) is 53.6 Å². The number of benzene rings is 2. The highest BCUT2D eigenvalue weighted by molar-refractivity contribution is 6.32. The zero-order chi connectivity index (χ0) is 16.5. The number of imidazole rings is 1. The van der Waals surface area contributed by atoms with Crippen molar-refractivity contribution in [3.8, 4) is 0 Å². The van der Waals surface area contributed by atoms with Gasteiger partial charge in [0.25, 0.3) is 0 Å². The Kier molecular flexibility index (Phi) is 3.63. The number of hydrogen-bond donors (Lipinski definition) is 2. The van der Waals surface area contributed by atoms with Gasteiger partial charge in [-0.2, -0.15) is 5.10 Å². The van der Waals surface area contributed by atoms with Crippen molar-refractivity contribution in [2.24, 2.45) is 5.10 Å². The molecule has 5 nitrogen and oxygen atoms in total. The SMILES string of the molecule is Cc1ccc2nc(Cl)c(/C=N/Nc3nc4ccccc4[nH]3)cc2c1. The molecule has 0 spiro atoms. The number of pyridine rings is 1. The summed E-state index contributed by atoms with van der Waals surface area (Å²) in [5, 5.41) is 5.65. The first-order valence-electron chi connectivity index (χ1n) is 7.50. The highest BCUT2D eigenvalue weighted by Crippen LogP contribution is 2.20. The third-order valence-electron chi connectivity index (χ3n) is 3.71. The Morgan fingerprint density at radius 1 is 1.08 bits per heavy atom. The van der Waals surface area contributed by atoms with Gasteiger partial charge in [-0.1, -0.05) is 35.4 Å². The maximum absolute atomic E-state index is 6.24. The van der Waals surface area contributed by atoms with E-state index in [0.29, 0.717) is 11.1 Å². The van der Waals surface area contributed by atoms with Gasteiger partial charge >= 0.3 is 0 Å². The Morgan fingerprint density at radius 2 is 1.96 bits per heavy atom. The monoisotopic (exact) mass is 335 g/mol. The fourth-order valence-corrected chi connectivity index (χ4v) is 2.74. The Labute approximate surface area is 143 Å². The number of fused-ring (bicyclic) bond motifs is 2. The molecule has 24 heavy (non-hydrogen) atoms. The molecule has 0 fully saturated rings. The number of H-pyrrole nitrogens is 1. The molecule has 0 atom stereocenters. The molecule has 118 valence electrons. The van der Waals surface area contributed by atoms with Gasteiger partial charge in [-0.3, -0.25) is 0 Å². The Bertz CT molecular complexity index is 1030. The van der Waals surface area contributed by atoms with Crippen LogP contribution in [0.1, 0.15) is 11.1 Å². The van der Waals surface area contributed by atoms with E-state index in [-0.39, 0.29) is 0 Å². The summed E-state index contributed by atoms with van der Waals surface area (Å²) in [6, 6.07) is 15.8. The number of nitrogens with one attached hydrogen (secondary N) is 2. The molecule has 0 amide bonds. The summed E-state index contributed by atoms with van der Waals surface area (Å²) < 4.78 is 0. The van der Waals surface area contributed by atoms with E-state index in [0.717, 1.165) is 27.5 Å². The number of para-hydroxylation sites is 2. The van der Waals surface area contributed by atoms with Crippen molar-refractivity contribution in [2.75, 3.05) is 5.43 Å². The lowest BCUT2D eigenvalue weighted by molar-refractivity contribution is 1.21. The first-order valence-corrected chi connectivity index (χ1v) is 7.87. The lowest BCUT2D eigenvalue weighted by Crippen LogP contribution is -1.94. The van der Waals surface area contributed by atoms with Gasteiger partial charge < -0.3 is 4.98 Å². The first kappa shape index (κ1) is 14.7. The third kappa shape index (κ3) is 2.81. The molecule has 0 unspecified atom stereocenters. The standard InChI is InChI=1S/C18H14ClN5/c1-11-6-7-14-12(8-11)9-13(17(19)21-14)10-20-24-18-22-15-4-2-3-5-16(15)23-18/h2-10H,1H3,(H2,22,23,24)/b20-10+. The molecule has 0 bridgehead atoms. The highest BCUT2D eigenvalue weighted by Gasteiger charge is 2.04. The molecule has 0 saturated carbocycles. The van der Waals surface area contributed by atoms with Crippen LogP contribution in [-0.2, 0) is 0 Å². The lowest BCUT2D eigenvalue weighted by atomic mass is 10.1. The van der Waals surface area contributed by atoms with Crippen LogP contribution in [0.3, 0.4) is 0 Å². The molecule has 0 radical (unpaired) electrons. The maximum atomic E-state index is 6.24. The van der Waals surface area contributed by atoms with E-state index in [4.69, 9.17) is 11.6 Å². The summed E-state index contributed by atoms with van der Waals surface area (Å²) in [5.74, 6) is 0.577. The fraction of sp³-hybridized carbons (Fsp3) is 0.0556. The zero-order valence-electron chi connectivity index (χ0n) is 12.9. The predicted molar refractivity (Wildman–Crippen MR) is 98.8 cm³/mol. The Balaban J connectivity index is 1.60. The average Bonchev–Trinajstić information content (AvgIpc) is 2.98. The predicted octanol–water partition coefficient (Wildman–Crippen LogP) is 4.52. The van der Waals surface area contributed by atoms with Crippen LogP contribution in [0, 0.1) is 6.92 Å². The molecule has 2 heterocycles. The van der Waals surface area contributed by atoms with Gasteiger partial charge in [0.2, 0.25) is 5.95 Å². The minimum Gasteiger partial charge on any atom is -0.323 e. The minimum atomic E-state index is 0.418. The number of nitrogens with zero attached hydrogens (tertiary/aromatic N) is 3. The van der Waals surface area contributed by atoms with Crippen LogP contribution in [0.5, 0.6) is 0 Å². The van der Waals surface area contributed by atoms with Gasteiger partial charge in [0.1, 0.15) is 5.15 Å². The van der Waals surface area contributed by atoms with Gasteiger partial charge in [-0.15, -0.1) is 0 Å². The minimum absolute atomic E-state index is 0.418. The molecule has 0 aliphatic carbocycles. The van der Waals surface area contributed by atoms with E-state index in [2.05, 4.69) is 31.5 Å². The largest absolute Gasteiger partial charge is 0.323 e. The van der Waals surface area contributed by atoms with Gasteiger partial charge in [0, 0.05) is 10.9 Å². The molecule has 4 aromatic rings. The number of aromatic amines is 1. The van der Waals surface area contributed by atoms with Gasteiger partial charge in [-0.05, 0) is 37.3 Å². The molecule has 0 aliphatic rings. The van der Waals surface area contributed by atoms with Crippen LogP contribution in [0.4, 0.5) is 5.95 Å². The summed E-state index contributed by atoms with van der Waals surface area (Å²) in [4.78, 5) is 11.9. The fourth-order valence-electron chi connectivity index (χ4n) is 2.55. The quantitative estimate of drug-likeness (QED) is 0.328. The number of halogens is 1. The highest BCUT2D eigenvalue weighted by atomic mass is 35.5. The van der Waals surface area contributed by atoms with Crippen LogP contribution in [0.2, 0.25) is 5.15 Å². The molecular formula is C18H14ClN5. The average molecular weight is 336 g/mol. The Morgan fingerprint density at radius 3 is 2.83 bits per heavy atom. The molecule has 6 heteroatoms. The number of anilines is 1. The number of hydrazone groups is 1. The van der Waals surface area contributed by atoms with E-state index in [1.807, 2.05) is 49.4 Å². The second kappa shape index (κ2) is 5.94. The molecule has 2 N–H and O–H groups in total. The van der Waals surface area contributed by atoms with Crippen LogP contribution in [0.25, 0.3) is 21.9 Å². The summed E-state index contributed by atoms with van der Waals surface area (Å²) >= 11 is 6.24. The van der Waals surface area contributed by atoms with Crippen LogP contribution >= 0.6 is 11.6 Å². The van der Waals surface area contributed by atoms with E-state index in [1.165, 1.54) is 5.56 Å². The Hall–Kier alpha value is -2.92. The van der Waals surface area contributed by atoms with Crippen molar-refractivity contribution in [1.82, 2.24) is 15.0 Å². The summed E-state index contributed by atoms with van der Waals surface area (Å²) in [5.41, 5.74) is 7.52. The van der Waals surface area contributed by atoms with E-state index < -0.39 is 0 Å². The number of rotatable bonds is 3. The second-order valence-electron chi connectivity index (χ2n) is 5.54. The zero-order valence-corrected chi connectivity index (χ0v) is 13.7. The van der Waals surface area contributed by atoms with Crippen molar-refractivity contribution in [3.05, 3.63) is 64.8 Å². The molecule has 0 saturated heterocycles. The summed E-state index contributed by atoms with van der Waals surface area (Å²) in [7, 11) is 0. The normalized spacial score (nSPS) is 11.6. The van der Waals surface area contributed by atoms with Crippen molar-refractivity contribution in [2.45, 2.75) is 6.92 Å². The second-order valence-corrected chi connectivity index (χ2v) is 5.90. The molecule has 0 aliphatic heterocycles. The smallest absolute Gasteiger partial charge is 0.222 e. The first-order chi connectivity index (χ1) is 11.7. The number of aromatic nitrogens is 3. The molecular weight excluding hydrogens is 322 g/mol. The van der Waals surface area contributed by atoms with E-state index in [1.54, 1.807) is 6.21 Å². The van der Waals surface area contributed by atoms with Crippen molar-refractivity contribution in [1.29, 1.82) is 0 Å². The third-order valence-corrected chi connectivity index (χ3v) is 4.02. The van der Waals surface area contributed by atoms with E-state index in [9.17, 15) is 0 Å². The van der Waals surface area contributed by atoms with Gasteiger partial charge in [0.05, 0.1) is 22.8 Å². The van der Waals surface area contributed by atoms with Gasteiger partial charge in [0.15, 0.2) is 0 Å². The molecule has 2 aromatic heterocycles. The number of aryl methyl sites for hydroxylation is 1. The lowest BCUT2D eigenvalue weighted by Gasteiger charge is -2.03. The maximum Gasteiger partial charge on any atom is 0.222 e. The van der Waals surface area contributed by atoms with Gasteiger partial charge in [-0.25, -0.2) is 15.4 Å². The molecule has 4 rings (SSSR count). The van der Waals surface area contributed by atoms with Crippen molar-refractivity contribution >= 4 is 45.7 Å². The topological polar surface area (TPSA) is 66.0 Å². The van der Waals surface area contributed by atoms with Crippen LogP contribution < -0.4 is 5.43 Å². The summed E-state index contributed by atoms with van der Waals surface area (Å²) in [6.07, 6.45) is 1.64. The van der Waals surface area contributed by atoms with Crippen molar-refractivity contribution in [3.63, 3.8) is 0 Å². The van der Waals surface area contributed by atoms with Crippen molar-refractivity contribution < 1.29 is 0 Å². The number of hydrogen-bond acceptors (Lipinski definition) is 4. The molecule has 2 aromatic carbocycles.